The van der Waals surface area contributed by atoms with Gasteiger partial charge in [-0.2, -0.15) is 4.68 Å². The third-order valence-corrected chi connectivity index (χ3v) is 4.10. The zero-order chi connectivity index (χ0) is 20.8. The lowest BCUT2D eigenvalue weighted by atomic mass is 10.2. The summed E-state index contributed by atoms with van der Waals surface area (Å²) in [5, 5.41) is 14.3. The number of carbonyl (C=O) groups is 1. The highest BCUT2D eigenvalue weighted by atomic mass is 16.5. The molecule has 0 bridgehead atoms. The van der Waals surface area contributed by atoms with Gasteiger partial charge < -0.3 is 19.5 Å². The smallest absolute Gasteiger partial charge is 0.248 e. The SMILES string of the molecule is COc1cc(/C=C\C(=O)Nc2ccc(OC)c(-n3nnnc3C)c2)cc(OC)c1. The van der Waals surface area contributed by atoms with Gasteiger partial charge in [0.2, 0.25) is 5.91 Å². The van der Waals surface area contributed by atoms with E-state index in [4.69, 9.17) is 14.2 Å². The van der Waals surface area contributed by atoms with Gasteiger partial charge in [0.15, 0.2) is 5.82 Å². The summed E-state index contributed by atoms with van der Waals surface area (Å²) in [6.45, 7) is 1.77. The average Bonchev–Trinajstić information content (AvgIpc) is 3.17. The number of tetrazole rings is 1. The highest BCUT2D eigenvalue weighted by Gasteiger charge is 2.12. The minimum Gasteiger partial charge on any atom is -0.497 e. The lowest BCUT2D eigenvalue weighted by Gasteiger charge is -2.11. The van der Waals surface area contributed by atoms with Gasteiger partial charge in [0.25, 0.3) is 0 Å². The number of nitrogens with one attached hydrogen (secondary N) is 1. The van der Waals surface area contributed by atoms with Crippen LogP contribution >= 0.6 is 0 Å². The van der Waals surface area contributed by atoms with E-state index in [-0.39, 0.29) is 5.91 Å². The van der Waals surface area contributed by atoms with Gasteiger partial charge in [-0.15, -0.1) is 5.10 Å². The summed E-state index contributed by atoms with van der Waals surface area (Å²) in [5.41, 5.74) is 1.97. The van der Waals surface area contributed by atoms with Gasteiger partial charge in [0.1, 0.15) is 22.9 Å². The molecule has 9 heteroatoms. The first-order valence-corrected chi connectivity index (χ1v) is 8.69. The van der Waals surface area contributed by atoms with Gasteiger partial charge in [0, 0.05) is 17.8 Å². The number of anilines is 1. The molecule has 0 saturated heterocycles. The molecule has 0 unspecified atom stereocenters. The van der Waals surface area contributed by atoms with Gasteiger partial charge in [-0.25, -0.2) is 0 Å². The Morgan fingerprint density at radius 3 is 2.34 bits per heavy atom. The molecule has 0 fully saturated rings. The van der Waals surface area contributed by atoms with Crippen LogP contribution in [-0.4, -0.2) is 47.4 Å². The van der Waals surface area contributed by atoms with Crippen LogP contribution in [0.2, 0.25) is 0 Å². The van der Waals surface area contributed by atoms with Crippen molar-refractivity contribution in [1.29, 1.82) is 0 Å². The number of amides is 1. The fraction of sp³-hybridized carbons (Fsp3) is 0.200. The van der Waals surface area contributed by atoms with Crippen LogP contribution in [-0.2, 0) is 4.79 Å². The van der Waals surface area contributed by atoms with Crippen molar-refractivity contribution in [3.8, 4) is 22.9 Å². The van der Waals surface area contributed by atoms with Gasteiger partial charge >= 0.3 is 0 Å². The van der Waals surface area contributed by atoms with E-state index < -0.39 is 0 Å². The van der Waals surface area contributed by atoms with E-state index in [9.17, 15) is 4.79 Å². The Morgan fingerprint density at radius 1 is 1.03 bits per heavy atom. The number of aromatic nitrogens is 4. The quantitative estimate of drug-likeness (QED) is 0.614. The minimum absolute atomic E-state index is 0.295. The second-order valence-corrected chi connectivity index (χ2v) is 5.99. The largest absolute Gasteiger partial charge is 0.497 e. The zero-order valence-corrected chi connectivity index (χ0v) is 16.5. The van der Waals surface area contributed by atoms with E-state index in [0.717, 1.165) is 5.56 Å². The molecule has 150 valence electrons. The van der Waals surface area contributed by atoms with Gasteiger partial charge in [-0.3, -0.25) is 4.79 Å². The van der Waals surface area contributed by atoms with Crippen LogP contribution in [0.5, 0.6) is 17.2 Å². The number of aryl methyl sites for hydroxylation is 1. The van der Waals surface area contributed by atoms with Crippen molar-refractivity contribution in [2.24, 2.45) is 0 Å². The van der Waals surface area contributed by atoms with E-state index >= 15 is 0 Å². The highest BCUT2D eigenvalue weighted by molar-refractivity contribution is 6.02. The number of carbonyl (C=O) groups excluding carboxylic acids is 1. The molecule has 1 N–H and O–H groups in total. The monoisotopic (exact) mass is 395 g/mol. The van der Waals surface area contributed by atoms with E-state index in [0.29, 0.717) is 34.4 Å². The molecular weight excluding hydrogens is 374 g/mol. The predicted molar refractivity (Wildman–Crippen MR) is 108 cm³/mol. The van der Waals surface area contributed by atoms with Crippen molar-refractivity contribution in [3.05, 3.63) is 53.9 Å². The fourth-order valence-corrected chi connectivity index (χ4v) is 2.67. The topological polar surface area (TPSA) is 100 Å². The number of nitrogens with zero attached hydrogens (tertiary/aromatic N) is 4. The molecule has 0 aliphatic carbocycles. The molecule has 0 saturated carbocycles. The number of benzene rings is 2. The molecule has 9 nitrogen and oxygen atoms in total. The summed E-state index contributed by atoms with van der Waals surface area (Å²) in [5.74, 6) is 2.16. The maximum Gasteiger partial charge on any atom is 0.248 e. The van der Waals surface area contributed by atoms with Crippen LogP contribution in [0.3, 0.4) is 0 Å². The van der Waals surface area contributed by atoms with Crippen LogP contribution in [0.4, 0.5) is 5.69 Å². The average molecular weight is 395 g/mol. The van der Waals surface area contributed by atoms with E-state index in [1.807, 2.05) is 0 Å². The van der Waals surface area contributed by atoms with Gasteiger partial charge in [0.05, 0.1) is 21.3 Å². The van der Waals surface area contributed by atoms with Crippen molar-refractivity contribution >= 4 is 17.7 Å². The third kappa shape index (κ3) is 4.70. The molecule has 29 heavy (non-hydrogen) atoms. The van der Waals surface area contributed by atoms with E-state index in [1.54, 1.807) is 70.7 Å². The first-order valence-electron chi connectivity index (χ1n) is 8.69. The summed E-state index contributed by atoms with van der Waals surface area (Å²) in [4.78, 5) is 12.4. The molecule has 0 spiro atoms. The molecule has 3 rings (SSSR count). The molecule has 0 radical (unpaired) electrons. The lowest BCUT2D eigenvalue weighted by Crippen LogP contribution is -2.09. The summed E-state index contributed by atoms with van der Waals surface area (Å²) < 4.78 is 17.4. The van der Waals surface area contributed by atoms with Gasteiger partial charge in [-0.05, 0) is 59.3 Å². The van der Waals surface area contributed by atoms with Crippen molar-refractivity contribution in [2.75, 3.05) is 26.6 Å². The van der Waals surface area contributed by atoms with Crippen LogP contribution in [0.25, 0.3) is 11.8 Å². The number of hydrogen-bond acceptors (Lipinski definition) is 7. The number of hydrogen-bond donors (Lipinski definition) is 1. The summed E-state index contributed by atoms with van der Waals surface area (Å²) in [7, 11) is 4.70. The van der Waals surface area contributed by atoms with Crippen LogP contribution in [0.1, 0.15) is 11.4 Å². The summed E-state index contributed by atoms with van der Waals surface area (Å²) in [6.07, 6.45) is 3.11. The number of rotatable bonds is 7. The number of ether oxygens (including phenoxy) is 3. The maximum absolute atomic E-state index is 12.4. The second-order valence-electron chi connectivity index (χ2n) is 5.99. The predicted octanol–water partition coefficient (Wildman–Crippen LogP) is 2.65. The van der Waals surface area contributed by atoms with Crippen molar-refractivity contribution in [1.82, 2.24) is 20.2 Å². The Kier molecular flexibility index (Phi) is 6.08. The molecule has 1 heterocycles. The Bertz CT molecular complexity index is 1020. The molecule has 0 aliphatic rings. The number of methoxy groups -OCH3 is 3. The van der Waals surface area contributed by atoms with E-state index in [2.05, 4.69) is 20.8 Å². The lowest BCUT2D eigenvalue weighted by molar-refractivity contribution is -0.111. The molecule has 0 aliphatic heterocycles. The summed E-state index contributed by atoms with van der Waals surface area (Å²) >= 11 is 0. The molecule has 1 aromatic heterocycles. The minimum atomic E-state index is -0.295. The normalized spacial score (nSPS) is 10.8. The van der Waals surface area contributed by atoms with Gasteiger partial charge in [-0.1, -0.05) is 0 Å². The zero-order valence-electron chi connectivity index (χ0n) is 16.5. The Balaban J connectivity index is 1.79. The van der Waals surface area contributed by atoms with Crippen molar-refractivity contribution < 1.29 is 19.0 Å². The highest BCUT2D eigenvalue weighted by Crippen LogP contribution is 2.27. The second kappa shape index (κ2) is 8.87. The van der Waals surface area contributed by atoms with Crippen LogP contribution in [0.15, 0.2) is 42.5 Å². The van der Waals surface area contributed by atoms with Crippen molar-refractivity contribution in [2.45, 2.75) is 6.92 Å². The Labute approximate surface area is 167 Å². The van der Waals surface area contributed by atoms with Crippen LogP contribution < -0.4 is 19.5 Å². The molecule has 0 atom stereocenters. The van der Waals surface area contributed by atoms with E-state index in [1.165, 1.54) is 10.8 Å². The van der Waals surface area contributed by atoms with Crippen molar-refractivity contribution in [3.63, 3.8) is 0 Å². The van der Waals surface area contributed by atoms with Crippen LogP contribution in [0, 0.1) is 6.92 Å². The standard InChI is InChI=1S/C20H21N5O4/c1-13-22-23-24-25(13)18-11-15(6-7-19(18)29-4)21-20(26)8-5-14-9-16(27-2)12-17(10-14)28-3/h5-12H,1-4H3,(H,21,26)/b8-5-. The maximum atomic E-state index is 12.4. The Morgan fingerprint density at radius 2 is 1.76 bits per heavy atom. The molecule has 1 amide bonds. The summed E-state index contributed by atoms with van der Waals surface area (Å²) in [6, 6.07) is 10.6. The first-order chi connectivity index (χ1) is 14.0. The fourth-order valence-electron chi connectivity index (χ4n) is 2.67. The first kappa shape index (κ1) is 19.9. The third-order valence-electron chi connectivity index (χ3n) is 4.10. The molecular formula is C20H21N5O4. The molecule has 2 aromatic carbocycles. The Hall–Kier alpha value is -3.88. The molecule has 3 aromatic rings.